The smallest absolute Gasteiger partial charge is 0.123 e. The number of hydrogen-bond acceptors (Lipinski definition) is 4. The van der Waals surface area contributed by atoms with Crippen molar-refractivity contribution < 1.29 is 4.74 Å². The van der Waals surface area contributed by atoms with E-state index in [0.717, 1.165) is 24.8 Å². The summed E-state index contributed by atoms with van der Waals surface area (Å²) in [6.07, 6.45) is 4.30. The molecule has 1 saturated heterocycles. The number of rotatable bonds is 4. The number of hydrogen-bond donors (Lipinski definition) is 1. The number of thiazole rings is 1. The lowest BCUT2D eigenvalue weighted by atomic mass is 10.0. The summed E-state index contributed by atoms with van der Waals surface area (Å²) in [6, 6.07) is 8.47. The molecule has 1 atom stereocenters. The lowest BCUT2D eigenvalue weighted by Gasteiger charge is -2.22. The van der Waals surface area contributed by atoms with Crippen molar-refractivity contribution in [2.24, 2.45) is 5.92 Å². The molecule has 1 aromatic carbocycles. The van der Waals surface area contributed by atoms with Crippen LogP contribution in [0.5, 0.6) is 0 Å². The van der Waals surface area contributed by atoms with E-state index >= 15 is 0 Å². The third-order valence-electron chi connectivity index (χ3n) is 3.39. The highest BCUT2D eigenvalue weighted by Crippen LogP contribution is 2.24. The predicted octanol–water partition coefficient (Wildman–Crippen LogP) is 3.65. The number of benzene rings is 1. The number of anilines is 1. The van der Waals surface area contributed by atoms with Crippen LogP contribution in [0.1, 0.15) is 12.8 Å². The van der Waals surface area contributed by atoms with Gasteiger partial charge >= 0.3 is 0 Å². The normalized spacial score (nSPS) is 19.3. The van der Waals surface area contributed by atoms with Gasteiger partial charge in [-0.15, -0.1) is 11.3 Å². The monoisotopic (exact) mass is 274 g/mol. The number of nitrogens with zero attached hydrogens (tertiary/aromatic N) is 1. The highest BCUT2D eigenvalue weighted by molar-refractivity contribution is 7.13. The molecule has 0 spiro atoms. The molecule has 100 valence electrons. The van der Waals surface area contributed by atoms with Crippen molar-refractivity contribution in [1.82, 2.24) is 4.98 Å². The van der Waals surface area contributed by atoms with E-state index in [1.165, 1.54) is 24.1 Å². The molecule has 4 heteroatoms. The minimum atomic E-state index is 0.636. The maximum atomic E-state index is 5.50. The molecule has 1 aromatic heterocycles. The van der Waals surface area contributed by atoms with E-state index in [1.807, 2.05) is 11.6 Å². The van der Waals surface area contributed by atoms with Gasteiger partial charge in [0.1, 0.15) is 5.01 Å². The standard InChI is InChI=1S/C15H18N2OS/c1-4-13(15-16-6-8-19-15)9-14(5-1)17-10-12-3-2-7-18-11-12/h1,4-6,8-9,12,17H,2-3,7,10-11H2. The molecule has 0 radical (unpaired) electrons. The van der Waals surface area contributed by atoms with Gasteiger partial charge in [-0.1, -0.05) is 12.1 Å². The maximum absolute atomic E-state index is 5.50. The van der Waals surface area contributed by atoms with E-state index < -0.39 is 0 Å². The highest BCUT2D eigenvalue weighted by Gasteiger charge is 2.13. The molecule has 0 bridgehead atoms. The Bertz CT molecular complexity index is 507. The van der Waals surface area contributed by atoms with Crippen LogP contribution in [0.3, 0.4) is 0 Å². The van der Waals surface area contributed by atoms with Gasteiger partial charge in [-0.05, 0) is 30.9 Å². The molecule has 2 aromatic rings. The zero-order chi connectivity index (χ0) is 12.9. The van der Waals surface area contributed by atoms with E-state index in [2.05, 4.69) is 34.6 Å². The van der Waals surface area contributed by atoms with Gasteiger partial charge in [0.15, 0.2) is 0 Å². The molecular weight excluding hydrogens is 256 g/mol. The summed E-state index contributed by atoms with van der Waals surface area (Å²) in [4.78, 5) is 4.35. The molecule has 3 rings (SSSR count). The fraction of sp³-hybridized carbons (Fsp3) is 0.400. The van der Waals surface area contributed by atoms with Crippen LogP contribution >= 0.6 is 11.3 Å². The zero-order valence-electron chi connectivity index (χ0n) is 10.8. The molecule has 2 heterocycles. The van der Waals surface area contributed by atoms with Crippen molar-refractivity contribution in [2.45, 2.75) is 12.8 Å². The van der Waals surface area contributed by atoms with Crippen LogP contribution < -0.4 is 5.32 Å². The lowest BCUT2D eigenvalue weighted by Crippen LogP contribution is -2.24. The van der Waals surface area contributed by atoms with Crippen LogP contribution in [-0.4, -0.2) is 24.7 Å². The summed E-state index contributed by atoms with van der Waals surface area (Å²) in [5.74, 6) is 0.636. The highest BCUT2D eigenvalue weighted by atomic mass is 32.1. The van der Waals surface area contributed by atoms with Crippen molar-refractivity contribution in [3.05, 3.63) is 35.8 Å². The van der Waals surface area contributed by atoms with E-state index in [0.29, 0.717) is 5.92 Å². The van der Waals surface area contributed by atoms with Crippen molar-refractivity contribution in [3.63, 3.8) is 0 Å². The second-order valence-corrected chi connectivity index (χ2v) is 5.78. The van der Waals surface area contributed by atoms with Crippen LogP contribution in [0, 0.1) is 5.92 Å². The van der Waals surface area contributed by atoms with Crippen LogP contribution in [0.4, 0.5) is 5.69 Å². The Hall–Kier alpha value is -1.39. The summed E-state index contributed by atoms with van der Waals surface area (Å²) >= 11 is 1.67. The van der Waals surface area contributed by atoms with Gasteiger partial charge in [0.05, 0.1) is 6.61 Å². The van der Waals surface area contributed by atoms with Crippen molar-refractivity contribution in [1.29, 1.82) is 0 Å². The summed E-state index contributed by atoms with van der Waals surface area (Å²) in [5.41, 5.74) is 2.35. The first-order valence-corrected chi connectivity index (χ1v) is 7.61. The molecule has 19 heavy (non-hydrogen) atoms. The fourth-order valence-corrected chi connectivity index (χ4v) is 2.99. The minimum absolute atomic E-state index is 0.636. The first-order chi connectivity index (χ1) is 9.42. The largest absolute Gasteiger partial charge is 0.385 e. The Morgan fingerprint density at radius 2 is 2.42 bits per heavy atom. The molecule has 1 N–H and O–H groups in total. The van der Waals surface area contributed by atoms with E-state index in [1.54, 1.807) is 11.3 Å². The van der Waals surface area contributed by atoms with Crippen molar-refractivity contribution in [2.75, 3.05) is 25.1 Å². The Morgan fingerprint density at radius 1 is 1.42 bits per heavy atom. The quantitative estimate of drug-likeness (QED) is 0.924. The predicted molar refractivity (Wildman–Crippen MR) is 79.6 cm³/mol. The summed E-state index contributed by atoms with van der Waals surface area (Å²) < 4.78 is 5.50. The molecule has 1 aliphatic heterocycles. The third kappa shape index (κ3) is 3.33. The van der Waals surface area contributed by atoms with E-state index in [-0.39, 0.29) is 0 Å². The van der Waals surface area contributed by atoms with E-state index in [4.69, 9.17) is 4.74 Å². The first kappa shape index (κ1) is 12.6. The molecule has 1 unspecified atom stereocenters. The molecular formula is C15H18N2OS. The number of ether oxygens (including phenoxy) is 1. The lowest BCUT2D eigenvalue weighted by molar-refractivity contribution is 0.0595. The van der Waals surface area contributed by atoms with Gasteiger partial charge in [-0.3, -0.25) is 0 Å². The second kappa shape index (κ2) is 6.17. The Morgan fingerprint density at radius 3 is 3.21 bits per heavy atom. The van der Waals surface area contributed by atoms with Crippen LogP contribution in [0.15, 0.2) is 35.8 Å². The Labute approximate surface area is 117 Å². The fourth-order valence-electron chi connectivity index (χ4n) is 2.36. The maximum Gasteiger partial charge on any atom is 0.123 e. The number of nitrogens with one attached hydrogen (secondary N) is 1. The van der Waals surface area contributed by atoms with Crippen molar-refractivity contribution in [3.8, 4) is 10.6 Å². The summed E-state index contributed by atoms with van der Waals surface area (Å²) in [7, 11) is 0. The molecule has 0 saturated carbocycles. The minimum Gasteiger partial charge on any atom is -0.385 e. The second-order valence-electron chi connectivity index (χ2n) is 4.88. The Kier molecular flexibility index (Phi) is 4.10. The average molecular weight is 274 g/mol. The van der Waals surface area contributed by atoms with Gasteiger partial charge in [0, 0.05) is 36.0 Å². The summed E-state index contributed by atoms with van der Waals surface area (Å²) in [5, 5.41) is 6.60. The molecule has 0 aliphatic carbocycles. The van der Waals surface area contributed by atoms with Gasteiger partial charge < -0.3 is 10.1 Å². The van der Waals surface area contributed by atoms with Gasteiger partial charge in [-0.25, -0.2) is 4.98 Å². The molecule has 1 fully saturated rings. The average Bonchev–Trinajstić information content (AvgIpc) is 3.01. The van der Waals surface area contributed by atoms with Gasteiger partial charge in [0.25, 0.3) is 0 Å². The summed E-state index contributed by atoms with van der Waals surface area (Å²) in [6.45, 7) is 2.80. The van der Waals surface area contributed by atoms with E-state index in [9.17, 15) is 0 Å². The van der Waals surface area contributed by atoms with Crippen LogP contribution in [0.2, 0.25) is 0 Å². The molecule has 3 nitrogen and oxygen atoms in total. The first-order valence-electron chi connectivity index (χ1n) is 6.73. The van der Waals surface area contributed by atoms with Gasteiger partial charge in [0.2, 0.25) is 0 Å². The topological polar surface area (TPSA) is 34.1 Å². The number of aromatic nitrogens is 1. The SMILES string of the molecule is c1cc(NCC2CCCOC2)cc(-c2nccs2)c1. The van der Waals surface area contributed by atoms with Crippen LogP contribution in [-0.2, 0) is 4.74 Å². The van der Waals surface area contributed by atoms with Crippen LogP contribution in [0.25, 0.3) is 10.6 Å². The molecule has 0 amide bonds. The van der Waals surface area contributed by atoms with Gasteiger partial charge in [-0.2, -0.15) is 0 Å². The zero-order valence-corrected chi connectivity index (χ0v) is 11.7. The Balaban J connectivity index is 1.63. The van der Waals surface area contributed by atoms with Crippen molar-refractivity contribution >= 4 is 17.0 Å². The molecule has 1 aliphatic rings. The third-order valence-corrected chi connectivity index (χ3v) is 4.21.